The molecule has 26 heavy (non-hydrogen) atoms. The molecular formula is C18H17Cl2N3O3. The SMILES string of the molecule is O=C(Nc1c[nH]ccc1=O)C1CCCN(C(=O)c2ccc(Cl)c(Cl)c2)C1. The molecular weight excluding hydrogens is 377 g/mol. The number of piperidine rings is 1. The molecule has 0 aliphatic carbocycles. The van der Waals surface area contributed by atoms with Crippen molar-refractivity contribution in [3.63, 3.8) is 0 Å². The molecule has 6 nitrogen and oxygen atoms in total. The van der Waals surface area contributed by atoms with Gasteiger partial charge in [0.15, 0.2) is 0 Å². The van der Waals surface area contributed by atoms with Gasteiger partial charge in [0.25, 0.3) is 5.91 Å². The van der Waals surface area contributed by atoms with Crippen molar-refractivity contribution in [3.05, 3.63) is 62.5 Å². The molecule has 8 heteroatoms. The Hall–Kier alpha value is -2.31. The third kappa shape index (κ3) is 4.08. The Morgan fingerprint density at radius 3 is 2.73 bits per heavy atom. The average Bonchev–Trinajstić information content (AvgIpc) is 2.65. The second kappa shape index (κ2) is 7.93. The monoisotopic (exact) mass is 393 g/mol. The third-order valence-corrected chi connectivity index (χ3v) is 5.07. The molecule has 2 heterocycles. The number of aromatic nitrogens is 1. The first-order chi connectivity index (χ1) is 12.5. The standard InChI is InChI=1S/C18H17Cl2N3O3/c19-13-4-3-11(8-14(13)20)18(26)23-7-1-2-12(10-23)17(25)22-15-9-21-6-5-16(15)24/h3-6,8-9,12H,1-2,7,10H2,(H,21,24)(H,22,25). The van der Waals surface area contributed by atoms with Crippen LogP contribution in [0.4, 0.5) is 5.69 Å². The largest absolute Gasteiger partial charge is 0.366 e. The Morgan fingerprint density at radius 2 is 2.00 bits per heavy atom. The lowest BCUT2D eigenvalue weighted by Gasteiger charge is -2.32. The van der Waals surface area contributed by atoms with E-state index in [0.29, 0.717) is 35.0 Å². The number of benzene rings is 1. The first-order valence-electron chi connectivity index (χ1n) is 8.18. The van der Waals surface area contributed by atoms with Crippen LogP contribution in [-0.4, -0.2) is 34.8 Å². The molecule has 1 aliphatic rings. The van der Waals surface area contributed by atoms with Gasteiger partial charge in [0.1, 0.15) is 5.69 Å². The lowest BCUT2D eigenvalue weighted by molar-refractivity contribution is -0.121. The summed E-state index contributed by atoms with van der Waals surface area (Å²) in [6.45, 7) is 0.852. The molecule has 1 atom stereocenters. The molecule has 0 radical (unpaired) electrons. The number of rotatable bonds is 3. The Kier molecular flexibility index (Phi) is 5.64. The minimum Gasteiger partial charge on any atom is -0.366 e. The number of hydrogen-bond acceptors (Lipinski definition) is 3. The highest BCUT2D eigenvalue weighted by Gasteiger charge is 2.29. The van der Waals surface area contributed by atoms with Crippen molar-refractivity contribution >= 4 is 40.7 Å². The number of H-pyrrole nitrogens is 1. The Bertz CT molecular complexity index is 897. The van der Waals surface area contributed by atoms with Gasteiger partial charge in [0, 0.05) is 37.1 Å². The van der Waals surface area contributed by atoms with Crippen molar-refractivity contribution in [2.75, 3.05) is 18.4 Å². The fourth-order valence-corrected chi connectivity index (χ4v) is 3.23. The second-order valence-corrected chi connectivity index (χ2v) is 6.95. The molecule has 2 N–H and O–H groups in total. The Balaban J connectivity index is 1.69. The Labute approximate surface area is 160 Å². The maximum atomic E-state index is 12.7. The van der Waals surface area contributed by atoms with Gasteiger partial charge in [0.05, 0.1) is 16.0 Å². The average molecular weight is 394 g/mol. The number of nitrogens with one attached hydrogen (secondary N) is 2. The number of carbonyl (C=O) groups is 2. The van der Waals surface area contributed by atoms with Crippen LogP contribution in [-0.2, 0) is 4.79 Å². The quantitative estimate of drug-likeness (QED) is 0.839. The second-order valence-electron chi connectivity index (χ2n) is 6.13. The summed E-state index contributed by atoms with van der Waals surface area (Å²) in [6.07, 6.45) is 4.30. The van der Waals surface area contributed by atoms with E-state index in [0.717, 1.165) is 0 Å². The zero-order valence-corrected chi connectivity index (χ0v) is 15.3. The molecule has 0 spiro atoms. The van der Waals surface area contributed by atoms with Crippen LogP contribution in [0.25, 0.3) is 0 Å². The number of halogens is 2. The number of anilines is 1. The maximum Gasteiger partial charge on any atom is 0.253 e. The molecule has 3 rings (SSSR count). The van der Waals surface area contributed by atoms with Crippen molar-refractivity contribution in [2.45, 2.75) is 12.8 Å². The summed E-state index contributed by atoms with van der Waals surface area (Å²) in [6, 6.07) is 6.06. The van der Waals surface area contributed by atoms with Crippen LogP contribution in [0.5, 0.6) is 0 Å². The number of likely N-dealkylation sites (tertiary alicyclic amines) is 1. The van der Waals surface area contributed by atoms with Crippen molar-refractivity contribution in [1.29, 1.82) is 0 Å². The zero-order valence-electron chi connectivity index (χ0n) is 13.8. The van der Waals surface area contributed by atoms with Gasteiger partial charge in [-0.3, -0.25) is 14.4 Å². The molecule has 1 aliphatic heterocycles. The van der Waals surface area contributed by atoms with Crippen LogP contribution < -0.4 is 10.7 Å². The number of nitrogens with zero attached hydrogens (tertiary/aromatic N) is 1. The summed E-state index contributed by atoms with van der Waals surface area (Å²) in [4.78, 5) is 41.3. The van der Waals surface area contributed by atoms with Gasteiger partial charge in [-0.1, -0.05) is 23.2 Å². The number of amides is 2. The first-order valence-corrected chi connectivity index (χ1v) is 8.93. The molecule has 1 saturated heterocycles. The third-order valence-electron chi connectivity index (χ3n) is 4.33. The highest BCUT2D eigenvalue weighted by atomic mass is 35.5. The van der Waals surface area contributed by atoms with Gasteiger partial charge in [-0.2, -0.15) is 0 Å². The molecule has 2 aromatic rings. The van der Waals surface area contributed by atoms with E-state index < -0.39 is 0 Å². The van der Waals surface area contributed by atoms with Gasteiger partial charge < -0.3 is 15.2 Å². The zero-order chi connectivity index (χ0) is 18.7. The fraction of sp³-hybridized carbons (Fsp3) is 0.278. The van der Waals surface area contributed by atoms with E-state index in [1.54, 1.807) is 17.0 Å². The van der Waals surface area contributed by atoms with E-state index in [9.17, 15) is 14.4 Å². The van der Waals surface area contributed by atoms with Gasteiger partial charge in [0.2, 0.25) is 11.3 Å². The fourth-order valence-electron chi connectivity index (χ4n) is 2.94. The van der Waals surface area contributed by atoms with Crippen molar-refractivity contribution in [2.24, 2.45) is 5.92 Å². The highest BCUT2D eigenvalue weighted by molar-refractivity contribution is 6.42. The molecule has 1 aromatic heterocycles. The summed E-state index contributed by atoms with van der Waals surface area (Å²) in [5.74, 6) is -0.845. The van der Waals surface area contributed by atoms with E-state index >= 15 is 0 Å². The predicted octanol–water partition coefficient (Wildman–Crippen LogP) is 3.17. The predicted molar refractivity (Wildman–Crippen MR) is 101 cm³/mol. The smallest absolute Gasteiger partial charge is 0.253 e. The van der Waals surface area contributed by atoms with Gasteiger partial charge >= 0.3 is 0 Å². The number of aromatic amines is 1. The first kappa shape index (κ1) is 18.5. The van der Waals surface area contributed by atoms with Gasteiger partial charge in [-0.25, -0.2) is 0 Å². The van der Waals surface area contributed by atoms with Crippen molar-refractivity contribution < 1.29 is 9.59 Å². The number of hydrogen-bond donors (Lipinski definition) is 2. The van der Waals surface area contributed by atoms with E-state index in [-0.39, 0.29) is 35.4 Å². The van der Waals surface area contributed by atoms with Crippen LogP contribution in [0, 0.1) is 5.92 Å². The van der Waals surface area contributed by atoms with E-state index in [1.807, 2.05) is 0 Å². The Morgan fingerprint density at radius 1 is 1.19 bits per heavy atom. The minimum absolute atomic E-state index is 0.196. The highest BCUT2D eigenvalue weighted by Crippen LogP contribution is 2.25. The summed E-state index contributed by atoms with van der Waals surface area (Å²) >= 11 is 11.9. The summed E-state index contributed by atoms with van der Waals surface area (Å²) in [7, 11) is 0. The van der Waals surface area contributed by atoms with Crippen LogP contribution in [0.15, 0.2) is 41.5 Å². The van der Waals surface area contributed by atoms with E-state index in [1.165, 1.54) is 24.5 Å². The topological polar surface area (TPSA) is 82.3 Å². The lowest BCUT2D eigenvalue weighted by atomic mass is 9.96. The van der Waals surface area contributed by atoms with Crippen LogP contribution in [0.3, 0.4) is 0 Å². The molecule has 0 bridgehead atoms. The van der Waals surface area contributed by atoms with Crippen molar-refractivity contribution in [1.82, 2.24) is 9.88 Å². The van der Waals surface area contributed by atoms with Crippen LogP contribution in [0.1, 0.15) is 23.2 Å². The normalized spacial score (nSPS) is 17.0. The maximum absolute atomic E-state index is 12.7. The van der Waals surface area contributed by atoms with Crippen LogP contribution in [0.2, 0.25) is 10.0 Å². The summed E-state index contributed by atoms with van der Waals surface area (Å²) in [5.41, 5.74) is 0.363. The molecule has 1 unspecified atom stereocenters. The molecule has 1 fully saturated rings. The minimum atomic E-state index is -0.380. The van der Waals surface area contributed by atoms with Gasteiger partial charge in [-0.15, -0.1) is 0 Å². The van der Waals surface area contributed by atoms with E-state index in [4.69, 9.17) is 23.2 Å². The molecule has 1 aromatic carbocycles. The summed E-state index contributed by atoms with van der Waals surface area (Å²) < 4.78 is 0. The molecule has 2 amide bonds. The van der Waals surface area contributed by atoms with Crippen molar-refractivity contribution in [3.8, 4) is 0 Å². The summed E-state index contributed by atoms with van der Waals surface area (Å²) in [5, 5.41) is 3.33. The molecule has 136 valence electrons. The lowest BCUT2D eigenvalue weighted by Crippen LogP contribution is -2.44. The number of carbonyl (C=O) groups excluding carboxylic acids is 2. The number of pyridine rings is 1. The molecule has 0 saturated carbocycles. The van der Waals surface area contributed by atoms with Gasteiger partial charge in [-0.05, 0) is 31.0 Å². The van der Waals surface area contributed by atoms with E-state index in [2.05, 4.69) is 10.3 Å². The van der Waals surface area contributed by atoms with Crippen LogP contribution >= 0.6 is 23.2 Å².